The predicted molar refractivity (Wildman–Crippen MR) is 147 cm³/mol. The Bertz CT molecular complexity index is 1380. The molecule has 222 valence electrons. The van der Waals surface area contributed by atoms with Gasteiger partial charge in [-0.1, -0.05) is 19.3 Å². The van der Waals surface area contributed by atoms with Crippen molar-refractivity contribution in [3.63, 3.8) is 0 Å². The molecule has 0 aromatic heterocycles. The number of carbonyl (C=O) groups is 3. The molecule has 2 saturated carbocycles. The monoisotopic (exact) mass is 571 g/mol. The number of likely N-dealkylation sites (N-methyl/N-ethyl adjacent to an activating group) is 1. The molecule has 0 unspecified atom stereocenters. The molecule has 4 atom stereocenters. The van der Waals surface area contributed by atoms with E-state index in [1.165, 1.54) is 44.3 Å². The van der Waals surface area contributed by atoms with E-state index in [0.29, 0.717) is 5.92 Å². The van der Waals surface area contributed by atoms with E-state index in [1.54, 1.807) is 0 Å². The van der Waals surface area contributed by atoms with Crippen molar-refractivity contribution >= 4 is 23.2 Å². The van der Waals surface area contributed by atoms with E-state index in [4.69, 9.17) is 5.73 Å². The number of hydrogen-bond donors (Lipinski definition) is 5. The molecular formula is C30H38FN3O7. The second kappa shape index (κ2) is 10.5. The largest absolute Gasteiger partial charge is 0.508 e. The predicted octanol–water partition coefficient (Wildman–Crippen LogP) is 2.12. The number of aromatic hydroxyl groups is 1. The summed E-state index contributed by atoms with van der Waals surface area (Å²) in [5.74, 6) is -7.58. The van der Waals surface area contributed by atoms with Crippen LogP contribution in [-0.4, -0.2) is 87.0 Å². The van der Waals surface area contributed by atoms with Crippen LogP contribution in [0.2, 0.25) is 0 Å². The van der Waals surface area contributed by atoms with Crippen molar-refractivity contribution in [3.05, 3.63) is 45.5 Å². The lowest BCUT2D eigenvalue weighted by Crippen LogP contribution is -2.65. The molecule has 10 nitrogen and oxygen atoms in total. The van der Waals surface area contributed by atoms with E-state index in [-0.39, 0.29) is 41.6 Å². The zero-order valence-corrected chi connectivity index (χ0v) is 23.6. The third kappa shape index (κ3) is 4.54. The van der Waals surface area contributed by atoms with E-state index in [2.05, 4.69) is 0 Å². The summed E-state index contributed by atoms with van der Waals surface area (Å²) in [4.78, 5) is 42.6. The minimum absolute atomic E-state index is 0.0525. The van der Waals surface area contributed by atoms with Crippen molar-refractivity contribution in [1.82, 2.24) is 9.80 Å². The third-order valence-corrected chi connectivity index (χ3v) is 9.46. The minimum Gasteiger partial charge on any atom is -0.508 e. The molecule has 2 fully saturated rings. The molecule has 1 aromatic rings. The zero-order valence-electron chi connectivity index (χ0n) is 23.6. The van der Waals surface area contributed by atoms with Crippen molar-refractivity contribution in [1.29, 1.82) is 0 Å². The Labute approximate surface area is 237 Å². The number of aliphatic hydroxyl groups is 3. The number of phenols is 1. The Balaban J connectivity index is 1.55. The van der Waals surface area contributed by atoms with Crippen LogP contribution in [0.1, 0.15) is 55.2 Å². The summed E-state index contributed by atoms with van der Waals surface area (Å²) in [7, 11) is 4.96. The first-order chi connectivity index (χ1) is 19.3. The van der Waals surface area contributed by atoms with Crippen LogP contribution in [0, 0.1) is 23.6 Å². The first-order valence-electron chi connectivity index (χ1n) is 14.2. The Morgan fingerprint density at radius 3 is 2.39 bits per heavy atom. The Hall–Kier alpha value is -3.28. The number of aliphatic hydroxyl groups excluding tert-OH is 2. The van der Waals surface area contributed by atoms with Gasteiger partial charge in [0.1, 0.15) is 28.7 Å². The van der Waals surface area contributed by atoms with Crippen molar-refractivity contribution in [2.45, 2.75) is 63.1 Å². The standard InChI is InChI=1S/C30H38FN3O7/c1-33(2)24-18-10-15-9-17-21(19(35)11-16(23(17)31)13-34(3)12-14-7-5-4-6-8-14)25(36)20(15)27(38)30(18,41)28(39)22(26(24)37)29(32)40/h11,14-15,18,24,35-36,39,41H,4-10,12-13H2,1-3H3,(H2,32,40)/t15-,18-,24-,30-/m0/s1. The molecule has 1 aromatic carbocycles. The van der Waals surface area contributed by atoms with Gasteiger partial charge < -0.3 is 31.1 Å². The van der Waals surface area contributed by atoms with Crippen LogP contribution >= 0.6 is 0 Å². The van der Waals surface area contributed by atoms with Crippen molar-refractivity contribution in [2.24, 2.45) is 23.5 Å². The first-order valence-corrected chi connectivity index (χ1v) is 14.2. The summed E-state index contributed by atoms with van der Waals surface area (Å²) < 4.78 is 16.0. The Kier molecular flexibility index (Phi) is 7.50. The summed E-state index contributed by atoms with van der Waals surface area (Å²) in [6.45, 7) is 1.05. The van der Waals surface area contributed by atoms with Gasteiger partial charge in [-0.3, -0.25) is 19.3 Å². The van der Waals surface area contributed by atoms with Gasteiger partial charge in [-0.2, -0.15) is 0 Å². The van der Waals surface area contributed by atoms with Gasteiger partial charge >= 0.3 is 0 Å². The van der Waals surface area contributed by atoms with Gasteiger partial charge in [-0.05, 0) is 64.7 Å². The van der Waals surface area contributed by atoms with Gasteiger partial charge in [0.05, 0.1) is 11.6 Å². The molecule has 0 spiro atoms. The maximum absolute atomic E-state index is 16.0. The van der Waals surface area contributed by atoms with Crippen LogP contribution in [0.25, 0.3) is 5.76 Å². The molecule has 0 aliphatic heterocycles. The number of halogens is 1. The average molecular weight is 572 g/mol. The number of carbonyl (C=O) groups excluding carboxylic acids is 3. The van der Waals surface area contributed by atoms with Gasteiger partial charge in [0.2, 0.25) is 5.78 Å². The fourth-order valence-electron chi connectivity index (χ4n) is 7.63. The number of fused-ring (bicyclic) bond motifs is 3. The topological polar surface area (TPSA) is 165 Å². The number of hydrogen-bond acceptors (Lipinski definition) is 9. The van der Waals surface area contributed by atoms with Gasteiger partial charge in [0.25, 0.3) is 5.91 Å². The fraction of sp³-hybridized carbons (Fsp3) is 0.567. The smallest absolute Gasteiger partial charge is 0.255 e. The van der Waals surface area contributed by atoms with Crippen LogP contribution in [0.15, 0.2) is 23.0 Å². The summed E-state index contributed by atoms with van der Waals surface area (Å²) in [6.07, 6.45) is 5.72. The van der Waals surface area contributed by atoms with Crippen molar-refractivity contribution in [2.75, 3.05) is 27.7 Å². The van der Waals surface area contributed by atoms with Gasteiger partial charge in [0, 0.05) is 35.7 Å². The summed E-state index contributed by atoms with van der Waals surface area (Å²) in [5.41, 5.74) is 1.52. The number of phenolic OH excluding ortho intramolecular Hbond substituents is 1. The lowest BCUT2D eigenvalue weighted by molar-refractivity contribution is -0.153. The highest BCUT2D eigenvalue weighted by Gasteiger charge is 2.64. The highest BCUT2D eigenvalue weighted by atomic mass is 19.1. The molecule has 0 radical (unpaired) electrons. The van der Waals surface area contributed by atoms with Crippen LogP contribution in [0.5, 0.6) is 5.75 Å². The Morgan fingerprint density at radius 1 is 1.12 bits per heavy atom. The molecular weight excluding hydrogens is 533 g/mol. The van der Waals surface area contributed by atoms with Gasteiger partial charge in [-0.25, -0.2) is 4.39 Å². The lowest BCUT2D eigenvalue weighted by Gasteiger charge is -2.50. The quantitative estimate of drug-likeness (QED) is 0.322. The van der Waals surface area contributed by atoms with E-state index in [1.807, 2.05) is 11.9 Å². The number of ketones is 2. The van der Waals surface area contributed by atoms with Crippen LogP contribution < -0.4 is 5.73 Å². The molecule has 0 saturated heterocycles. The van der Waals surface area contributed by atoms with Gasteiger partial charge in [-0.15, -0.1) is 0 Å². The maximum atomic E-state index is 16.0. The summed E-state index contributed by atoms with van der Waals surface area (Å²) >= 11 is 0. The van der Waals surface area contributed by atoms with E-state index in [0.717, 1.165) is 19.4 Å². The molecule has 41 heavy (non-hydrogen) atoms. The fourth-order valence-corrected chi connectivity index (χ4v) is 7.63. The van der Waals surface area contributed by atoms with Crippen molar-refractivity contribution in [3.8, 4) is 5.75 Å². The molecule has 4 aliphatic carbocycles. The number of benzene rings is 1. The second-order valence-corrected chi connectivity index (χ2v) is 12.4. The van der Waals surface area contributed by atoms with E-state index < -0.39 is 69.6 Å². The molecule has 0 heterocycles. The van der Waals surface area contributed by atoms with E-state index >= 15 is 4.39 Å². The molecule has 6 N–H and O–H groups in total. The zero-order chi connectivity index (χ0) is 30.0. The number of primary amides is 1. The number of nitrogens with zero attached hydrogens (tertiary/aromatic N) is 2. The number of Topliss-reactive ketones (excluding diaryl/α,β-unsaturated/α-hetero) is 2. The average Bonchev–Trinajstić information content (AvgIpc) is 2.89. The van der Waals surface area contributed by atoms with Gasteiger partial charge in [0.15, 0.2) is 11.4 Å². The summed E-state index contributed by atoms with van der Waals surface area (Å²) in [6, 6.07) is 0.0580. The number of rotatable bonds is 6. The molecule has 4 aliphatic rings. The SMILES string of the molecule is CN(Cc1cc(O)c2c(c1F)C[C@H]1C[C@H]3[C@H](N(C)C)C(=O)C(C(N)=O)=C(O)[C@@]3(O)C(=O)C1=C2O)CC1CCCCC1. The maximum Gasteiger partial charge on any atom is 0.255 e. The summed E-state index contributed by atoms with van der Waals surface area (Å²) in [5, 5.41) is 44.7. The lowest BCUT2D eigenvalue weighted by atomic mass is 9.57. The number of nitrogens with two attached hydrogens (primary N) is 1. The van der Waals surface area contributed by atoms with Crippen LogP contribution in [0.4, 0.5) is 4.39 Å². The molecule has 0 bridgehead atoms. The minimum atomic E-state index is -2.72. The third-order valence-electron chi connectivity index (χ3n) is 9.46. The molecule has 5 rings (SSSR count). The molecule has 11 heteroatoms. The number of amides is 1. The highest BCUT2D eigenvalue weighted by molar-refractivity contribution is 6.24. The Morgan fingerprint density at radius 2 is 1.78 bits per heavy atom. The first kappa shape index (κ1) is 29.2. The normalized spacial score (nSPS) is 28.7. The van der Waals surface area contributed by atoms with Crippen LogP contribution in [-0.2, 0) is 27.3 Å². The molecule has 1 amide bonds. The van der Waals surface area contributed by atoms with E-state index in [9.17, 15) is 34.8 Å². The second-order valence-electron chi connectivity index (χ2n) is 12.4. The van der Waals surface area contributed by atoms with Crippen molar-refractivity contribution < 1.29 is 39.2 Å². The highest BCUT2D eigenvalue weighted by Crippen LogP contribution is 2.53. The van der Waals surface area contributed by atoms with Crippen LogP contribution in [0.3, 0.4) is 0 Å².